The fourth-order valence-electron chi connectivity index (χ4n) is 3.32. The number of hydrogen-bond donors (Lipinski definition) is 1. The van der Waals surface area contributed by atoms with Crippen LogP contribution in [0.25, 0.3) is 16.0 Å². The van der Waals surface area contributed by atoms with E-state index in [-0.39, 0.29) is 0 Å². The number of nitrogens with one attached hydrogen (secondary N) is 1. The first-order valence-corrected chi connectivity index (χ1v) is 9.30. The molecule has 0 bridgehead atoms. The molecule has 0 saturated carbocycles. The van der Waals surface area contributed by atoms with Gasteiger partial charge >= 0.3 is 0 Å². The molecule has 0 spiro atoms. The standard InChI is InChI=1S/C17H19N7S/c1-12-10-24-16(18-12)25-17(21-24)23-8-6-22(7-9-23)11-15-19-13-4-2-3-5-14(13)20-15/h2-5,10H,6-9,11H2,1H3,(H,19,20). The van der Waals surface area contributed by atoms with Crippen LogP contribution < -0.4 is 4.90 Å². The Balaban J connectivity index is 1.25. The van der Waals surface area contributed by atoms with Crippen LogP contribution in [0, 0.1) is 6.92 Å². The van der Waals surface area contributed by atoms with Gasteiger partial charge in [-0.25, -0.2) is 14.5 Å². The molecular formula is C17H19N7S. The number of imidazole rings is 2. The number of fused-ring (bicyclic) bond motifs is 2. The van der Waals surface area contributed by atoms with Crippen LogP contribution in [-0.2, 0) is 6.54 Å². The van der Waals surface area contributed by atoms with E-state index in [0.717, 1.165) is 65.4 Å². The second-order valence-electron chi connectivity index (χ2n) is 6.46. The summed E-state index contributed by atoms with van der Waals surface area (Å²) in [5, 5.41) is 5.72. The summed E-state index contributed by atoms with van der Waals surface area (Å²) in [7, 11) is 0. The van der Waals surface area contributed by atoms with Gasteiger partial charge in [0.2, 0.25) is 10.1 Å². The highest BCUT2D eigenvalue weighted by molar-refractivity contribution is 7.20. The number of rotatable bonds is 3. The van der Waals surface area contributed by atoms with Gasteiger partial charge in [0.25, 0.3) is 0 Å². The molecule has 4 aromatic rings. The Morgan fingerprint density at radius 1 is 1.12 bits per heavy atom. The number of aromatic amines is 1. The molecule has 1 saturated heterocycles. The number of hydrogen-bond acceptors (Lipinski definition) is 6. The molecule has 0 atom stereocenters. The summed E-state index contributed by atoms with van der Waals surface area (Å²) >= 11 is 1.66. The number of piperazine rings is 1. The average molecular weight is 353 g/mol. The maximum atomic E-state index is 4.68. The molecule has 0 unspecified atom stereocenters. The zero-order valence-electron chi connectivity index (χ0n) is 14.0. The third kappa shape index (κ3) is 2.77. The lowest BCUT2D eigenvalue weighted by atomic mass is 10.3. The molecule has 128 valence electrons. The van der Waals surface area contributed by atoms with Crippen molar-refractivity contribution < 1.29 is 0 Å². The van der Waals surface area contributed by atoms with Crippen molar-refractivity contribution in [1.29, 1.82) is 0 Å². The summed E-state index contributed by atoms with van der Waals surface area (Å²) in [6.07, 6.45) is 1.98. The van der Waals surface area contributed by atoms with Gasteiger partial charge in [0.05, 0.1) is 29.5 Å². The Labute approximate surface area is 148 Å². The molecule has 5 rings (SSSR count). The first-order valence-electron chi connectivity index (χ1n) is 8.48. The topological polar surface area (TPSA) is 65.3 Å². The summed E-state index contributed by atoms with van der Waals surface area (Å²) < 4.78 is 1.89. The van der Waals surface area contributed by atoms with E-state index in [9.17, 15) is 0 Å². The quantitative estimate of drug-likeness (QED) is 0.612. The third-order valence-corrected chi connectivity index (χ3v) is 5.59. The number of aryl methyl sites for hydroxylation is 1. The van der Waals surface area contributed by atoms with E-state index >= 15 is 0 Å². The molecule has 4 heterocycles. The fraction of sp³-hybridized carbons (Fsp3) is 0.353. The zero-order valence-corrected chi connectivity index (χ0v) is 14.8. The molecule has 1 aromatic carbocycles. The third-order valence-electron chi connectivity index (χ3n) is 4.61. The molecule has 1 aliphatic heterocycles. The van der Waals surface area contributed by atoms with Crippen molar-refractivity contribution >= 4 is 32.5 Å². The first kappa shape index (κ1) is 14.9. The van der Waals surface area contributed by atoms with Crippen molar-refractivity contribution in [3.8, 4) is 0 Å². The molecule has 0 radical (unpaired) electrons. The van der Waals surface area contributed by atoms with E-state index in [1.54, 1.807) is 11.3 Å². The summed E-state index contributed by atoms with van der Waals surface area (Å²) in [5.74, 6) is 1.04. The number of para-hydroxylation sites is 2. The molecule has 0 amide bonds. The second-order valence-corrected chi connectivity index (χ2v) is 7.39. The lowest BCUT2D eigenvalue weighted by molar-refractivity contribution is 0.244. The van der Waals surface area contributed by atoms with Gasteiger partial charge in [-0.05, 0) is 19.1 Å². The van der Waals surface area contributed by atoms with Crippen LogP contribution in [0.1, 0.15) is 11.5 Å². The largest absolute Gasteiger partial charge is 0.344 e. The van der Waals surface area contributed by atoms with E-state index in [1.807, 2.05) is 35.8 Å². The van der Waals surface area contributed by atoms with Crippen LogP contribution in [0.4, 0.5) is 5.13 Å². The van der Waals surface area contributed by atoms with Crippen molar-refractivity contribution in [1.82, 2.24) is 29.5 Å². The Bertz CT molecular complexity index is 958. The lowest BCUT2D eigenvalue weighted by Crippen LogP contribution is -2.46. The highest BCUT2D eigenvalue weighted by Crippen LogP contribution is 2.24. The smallest absolute Gasteiger partial charge is 0.214 e. The van der Waals surface area contributed by atoms with Crippen molar-refractivity contribution in [2.45, 2.75) is 13.5 Å². The maximum absolute atomic E-state index is 4.68. The van der Waals surface area contributed by atoms with Gasteiger partial charge in [-0.3, -0.25) is 4.90 Å². The highest BCUT2D eigenvalue weighted by Gasteiger charge is 2.21. The summed E-state index contributed by atoms with van der Waals surface area (Å²) in [6.45, 7) is 6.85. The maximum Gasteiger partial charge on any atom is 0.214 e. The number of anilines is 1. The van der Waals surface area contributed by atoms with E-state index in [2.05, 4.69) is 35.9 Å². The van der Waals surface area contributed by atoms with Crippen molar-refractivity contribution in [2.75, 3.05) is 31.1 Å². The summed E-state index contributed by atoms with van der Waals surface area (Å²) in [6, 6.07) is 8.19. The summed E-state index contributed by atoms with van der Waals surface area (Å²) in [5.41, 5.74) is 3.16. The second kappa shape index (κ2) is 5.82. The number of nitrogens with zero attached hydrogens (tertiary/aromatic N) is 6. The Morgan fingerprint density at radius 3 is 2.76 bits per heavy atom. The Morgan fingerprint density at radius 2 is 1.96 bits per heavy atom. The van der Waals surface area contributed by atoms with Crippen molar-refractivity contribution in [3.63, 3.8) is 0 Å². The van der Waals surface area contributed by atoms with Gasteiger partial charge in [0.1, 0.15) is 5.82 Å². The van der Waals surface area contributed by atoms with Gasteiger partial charge in [-0.2, -0.15) is 0 Å². The van der Waals surface area contributed by atoms with E-state index in [1.165, 1.54) is 0 Å². The van der Waals surface area contributed by atoms with Gasteiger partial charge in [-0.15, -0.1) is 5.10 Å². The highest BCUT2D eigenvalue weighted by atomic mass is 32.1. The van der Waals surface area contributed by atoms with Crippen molar-refractivity contribution in [3.05, 3.63) is 42.0 Å². The number of benzene rings is 1. The summed E-state index contributed by atoms with van der Waals surface area (Å²) in [4.78, 5) is 18.4. The predicted octanol–water partition coefficient (Wildman–Crippen LogP) is 2.30. The van der Waals surface area contributed by atoms with Gasteiger partial charge in [0, 0.05) is 26.2 Å². The zero-order chi connectivity index (χ0) is 16.8. The lowest BCUT2D eigenvalue weighted by Gasteiger charge is -2.33. The van der Waals surface area contributed by atoms with Crippen molar-refractivity contribution in [2.24, 2.45) is 0 Å². The minimum atomic E-state index is 0.864. The minimum Gasteiger partial charge on any atom is -0.344 e. The fourth-order valence-corrected chi connectivity index (χ4v) is 4.30. The Kier molecular flexibility index (Phi) is 3.46. The molecule has 3 aromatic heterocycles. The number of aromatic nitrogens is 5. The van der Waals surface area contributed by atoms with Crippen LogP contribution in [-0.4, -0.2) is 55.6 Å². The molecule has 7 nitrogen and oxygen atoms in total. The van der Waals surface area contributed by atoms with Crippen LogP contribution in [0.3, 0.4) is 0 Å². The minimum absolute atomic E-state index is 0.864. The molecule has 1 aliphatic rings. The molecule has 1 fully saturated rings. The average Bonchev–Trinajstić information content (AvgIpc) is 3.27. The van der Waals surface area contributed by atoms with Crippen LogP contribution in [0.2, 0.25) is 0 Å². The van der Waals surface area contributed by atoms with Gasteiger partial charge < -0.3 is 9.88 Å². The molecule has 1 N–H and O–H groups in total. The SMILES string of the molecule is Cc1cn2nc(N3CCN(Cc4nc5ccccc5[nH]4)CC3)sc2n1. The van der Waals surface area contributed by atoms with E-state index in [0.29, 0.717) is 0 Å². The molecule has 0 aliphatic carbocycles. The van der Waals surface area contributed by atoms with Crippen LogP contribution in [0.15, 0.2) is 30.5 Å². The van der Waals surface area contributed by atoms with E-state index < -0.39 is 0 Å². The predicted molar refractivity (Wildman–Crippen MR) is 99.2 cm³/mol. The molecular weight excluding hydrogens is 334 g/mol. The van der Waals surface area contributed by atoms with Crippen LogP contribution in [0.5, 0.6) is 0 Å². The Hall–Kier alpha value is -2.45. The first-order chi connectivity index (χ1) is 12.2. The molecule has 8 heteroatoms. The van der Waals surface area contributed by atoms with Crippen LogP contribution >= 0.6 is 11.3 Å². The van der Waals surface area contributed by atoms with Gasteiger partial charge in [0.15, 0.2) is 0 Å². The molecule has 25 heavy (non-hydrogen) atoms. The number of H-pyrrole nitrogens is 1. The van der Waals surface area contributed by atoms with E-state index in [4.69, 9.17) is 0 Å². The normalized spacial score (nSPS) is 16.3. The monoisotopic (exact) mass is 353 g/mol. The van der Waals surface area contributed by atoms with Gasteiger partial charge in [-0.1, -0.05) is 23.5 Å².